The van der Waals surface area contributed by atoms with Gasteiger partial charge >= 0.3 is 47.7 Å². The van der Waals surface area contributed by atoms with E-state index in [4.69, 9.17) is 99.5 Å². The molecule has 24 nitrogen and oxygen atoms in total. The second-order valence-corrected chi connectivity index (χ2v) is 28.2. The summed E-state index contributed by atoms with van der Waals surface area (Å²) in [6, 6.07) is 0. The van der Waals surface area contributed by atoms with E-state index in [9.17, 15) is 66.7 Å². The number of methoxy groups -OCH3 is 1. The van der Waals surface area contributed by atoms with Gasteiger partial charge in [0.05, 0.1) is 24.5 Å². The van der Waals surface area contributed by atoms with Gasteiger partial charge in [0.25, 0.3) is 0 Å². The van der Waals surface area contributed by atoms with Gasteiger partial charge in [-0.05, 0) is 155 Å². The van der Waals surface area contributed by atoms with Crippen molar-refractivity contribution in [2.24, 2.45) is 11.3 Å². The zero-order chi connectivity index (χ0) is 87.8. The van der Waals surface area contributed by atoms with Crippen molar-refractivity contribution in [3.05, 3.63) is 0 Å². The van der Waals surface area contributed by atoms with Crippen LogP contribution in [0.15, 0.2) is 0 Å². The first-order valence-corrected chi connectivity index (χ1v) is 42.4. The molecule has 0 aromatic carbocycles. The average Bonchev–Trinajstić information content (AvgIpc) is 0.712. The second kappa shape index (κ2) is 80.1. The van der Waals surface area contributed by atoms with Crippen LogP contribution in [0.4, 0.5) is 57.1 Å². The monoisotopic (exact) mass is 1750 g/mol. The molecule has 0 aliphatic rings. The number of carbonyl (C=O) groups is 2. The van der Waals surface area contributed by atoms with Crippen molar-refractivity contribution in [3.8, 4) is 0 Å². The molecule has 118 heavy (non-hydrogen) atoms. The fourth-order valence-corrected chi connectivity index (χ4v) is 9.38. The Balaban J connectivity index is 0. The summed E-state index contributed by atoms with van der Waals surface area (Å²) in [5.41, 5.74) is -0.422. The molecule has 0 aliphatic carbocycles. The maximum Gasteiger partial charge on any atom is 0.460 e. The first kappa shape index (κ1) is 117. The summed E-state index contributed by atoms with van der Waals surface area (Å²) in [5.74, 6) is -38.8. The lowest BCUT2D eigenvalue weighted by molar-refractivity contribution is -0.440. The molecule has 0 aromatic rings. The lowest BCUT2D eigenvalue weighted by Crippen LogP contribution is -2.70. The molecule has 0 fully saturated rings. The Kier molecular flexibility index (Phi) is 79.6. The summed E-state index contributed by atoms with van der Waals surface area (Å²) in [6.45, 7) is 35.2. The average molecular weight is 1750 g/mol. The fourth-order valence-electron chi connectivity index (χ4n) is 9.38. The van der Waals surface area contributed by atoms with Gasteiger partial charge in [-0.2, -0.15) is 57.1 Å². The zero-order valence-corrected chi connectivity index (χ0v) is 71.8. The standard InChI is InChI=1S/C67H134O22.C14H15F13O2/c1-5-67(2,3)66(68)89-65-25-64-88-63-24-62-87-61-23-60-86-59-22-58-85-57-21-56-84-55-20-54-83-53-19-52-82-51-18-50-81-49-17-48-80-47-16-46-79-45-15-44-78-43-14-42-77-41-13-40-76-39-12-38-75-37-11-36-74-35-10-34-73-33-9-32-72-31-8-30-71-29-7-28-70-27-6-26-69-4;1-3-7(2)8(28)29-6-4-5-9(15,16)10(17,18)11(19,20)12(21,22)13(23,24)14(25,26)27/h5-65H2,1-4H3;7H,3-6H2,1-2H3. The minimum Gasteiger partial charge on any atom is -0.465 e. The van der Waals surface area contributed by atoms with Crippen molar-refractivity contribution in [1.29, 1.82) is 0 Å². The molecule has 0 rings (SSSR count). The van der Waals surface area contributed by atoms with E-state index in [2.05, 4.69) is 4.74 Å². The number of ether oxygens (including phenoxy) is 22. The SMILES string of the molecule is CCC(C)(C)C(=O)OCCCOCCCOCCCOCCCOCCCOCCCOCCCOCCCOCCCOCCCOCCCOCCCOCCCOCCCOCCCOCCCOCCCOCCCOCCCOCCCOC.CCC(C)C(=O)OCCCC(F)(F)C(F)(F)C(F)(F)C(F)(F)C(F)(F)C(F)(F)F. The number of carbonyl (C=O) groups excluding carboxylic acids is 2. The van der Waals surface area contributed by atoms with Crippen LogP contribution in [0.25, 0.3) is 0 Å². The van der Waals surface area contributed by atoms with E-state index in [-0.39, 0.29) is 12.4 Å². The van der Waals surface area contributed by atoms with Crippen LogP contribution in [-0.4, -0.2) is 326 Å². The highest BCUT2D eigenvalue weighted by Crippen LogP contribution is 2.61. The summed E-state index contributed by atoms with van der Waals surface area (Å²) in [7, 11) is 1.71. The van der Waals surface area contributed by atoms with E-state index < -0.39 is 72.5 Å². The van der Waals surface area contributed by atoms with Gasteiger partial charge in [0, 0.05) is 278 Å². The van der Waals surface area contributed by atoms with Crippen LogP contribution in [0.3, 0.4) is 0 Å². The van der Waals surface area contributed by atoms with Gasteiger partial charge in [-0.3, -0.25) is 9.59 Å². The molecule has 0 saturated carbocycles. The van der Waals surface area contributed by atoms with Crippen LogP contribution in [0.2, 0.25) is 0 Å². The van der Waals surface area contributed by atoms with Gasteiger partial charge < -0.3 is 104 Å². The number of rotatable bonds is 92. The van der Waals surface area contributed by atoms with Gasteiger partial charge in [0.1, 0.15) is 0 Å². The van der Waals surface area contributed by atoms with Crippen LogP contribution in [0.5, 0.6) is 0 Å². The summed E-state index contributed by atoms with van der Waals surface area (Å²) in [5, 5.41) is 0. The molecule has 1 unspecified atom stereocenters. The highest BCUT2D eigenvalue weighted by atomic mass is 19.4. The quantitative estimate of drug-likeness (QED) is 0.0312. The second-order valence-electron chi connectivity index (χ2n) is 28.2. The minimum atomic E-state index is -7.91. The minimum absolute atomic E-state index is 0.144. The van der Waals surface area contributed by atoms with E-state index in [0.29, 0.717) is 238 Å². The molecule has 708 valence electrons. The molecule has 0 radical (unpaired) electrons. The summed E-state index contributed by atoms with van der Waals surface area (Å²) in [6.07, 6.45) is 7.44. The van der Waals surface area contributed by atoms with E-state index in [1.165, 1.54) is 13.8 Å². The maximum absolute atomic E-state index is 13.4. The fraction of sp³-hybridized carbons (Fsp3) is 0.975. The summed E-state index contributed by atoms with van der Waals surface area (Å²) < 4.78 is 290. The maximum atomic E-state index is 13.4. The third-order valence-electron chi connectivity index (χ3n) is 17.0. The van der Waals surface area contributed by atoms with Crippen molar-refractivity contribution in [2.75, 3.05) is 278 Å². The van der Waals surface area contributed by atoms with Crippen LogP contribution in [-0.2, 0) is 114 Å². The number of esters is 2. The molecule has 1 atom stereocenters. The van der Waals surface area contributed by atoms with Crippen LogP contribution < -0.4 is 0 Å². The first-order valence-electron chi connectivity index (χ1n) is 42.4. The molecule has 0 aliphatic heterocycles. The molecule has 0 spiro atoms. The molecule has 0 aromatic heterocycles. The Bertz CT molecular complexity index is 2160. The molecule has 0 heterocycles. The van der Waals surface area contributed by atoms with E-state index in [0.717, 1.165) is 161 Å². The lowest BCUT2D eigenvalue weighted by Gasteiger charge is -2.39. The highest BCUT2D eigenvalue weighted by molar-refractivity contribution is 5.75. The molecular formula is C81H149F13O24. The highest BCUT2D eigenvalue weighted by Gasteiger charge is 2.90. The Morgan fingerprint density at radius 3 is 0.602 bits per heavy atom. The van der Waals surface area contributed by atoms with Crippen LogP contribution >= 0.6 is 0 Å². The van der Waals surface area contributed by atoms with Gasteiger partial charge in [-0.15, -0.1) is 0 Å². The van der Waals surface area contributed by atoms with Gasteiger partial charge in [0.2, 0.25) is 0 Å². The first-order chi connectivity index (χ1) is 56.7. The predicted octanol–water partition coefficient (Wildman–Crippen LogP) is 15.8. The van der Waals surface area contributed by atoms with Crippen molar-refractivity contribution in [1.82, 2.24) is 0 Å². The Labute approximate surface area is 694 Å². The number of hydrogen-bond donors (Lipinski definition) is 0. The van der Waals surface area contributed by atoms with E-state index in [1.807, 2.05) is 20.8 Å². The molecule has 0 saturated heterocycles. The molecule has 0 N–H and O–H groups in total. The summed E-state index contributed by atoms with van der Waals surface area (Å²) >= 11 is 0. The lowest BCUT2D eigenvalue weighted by atomic mass is 9.91. The van der Waals surface area contributed by atoms with Gasteiger partial charge in [-0.1, -0.05) is 20.8 Å². The summed E-state index contributed by atoms with van der Waals surface area (Å²) in [4.78, 5) is 23.2. The van der Waals surface area contributed by atoms with Crippen LogP contribution in [0.1, 0.15) is 189 Å². The van der Waals surface area contributed by atoms with Crippen molar-refractivity contribution in [3.63, 3.8) is 0 Å². The Morgan fingerprint density at radius 1 is 0.246 bits per heavy atom. The number of hydrogen-bond acceptors (Lipinski definition) is 24. The van der Waals surface area contributed by atoms with Gasteiger partial charge in [0.15, 0.2) is 0 Å². The smallest absolute Gasteiger partial charge is 0.460 e. The van der Waals surface area contributed by atoms with Gasteiger partial charge in [-0.25, -0.2) is 0 Å². The molecule has 37 heteroatoms. The van der Waals surface area contributed by atoms with Crippen molar-refractivity contribution < 1.29 is 171 Å². The van der Waals surface area contributed by atoms with Crippen molar-refractivity contribution in [2.45, 2.75) is 225 Å². The number of halogens is 13. The predicted molar refractivity (Wildman–Crippen MR) is 415 cm³/mol. The number of alkyl halides is 13. The molecular weight excluding hydrogens is 1600 g/mol. The third-order valence-corrected chi connectivity index (χ3v) is 17.0. The normalized spacial score (nSPS) is 12.9. The van der Waals surface area contributed by atoms with E-state index >= 15 is 0 Å². The van der Waals surface area contributed by atoms with Crippen LogP contribution in [0, 0.1) is 11.3 Å². The Hall–Kier alpha value is -2.77. The van der Waals surface area contributed by atoms with E-state index in [1.54, 1.807) is 7.11 Å². The van der Waals surface area contributed by atoms with Crippen molar-refractivity contribution >= 4 is 11.9 Å². The largest absolute Gasteiger partial charge is 0.465 e. The molecule has 0 amide bonds. The Morgan fingerprint density at radius 2 is 0.424 bits per heavy atom. The zero-order valence-electron chi connectivity index (χ0n) is 71.8. The third kappa shape index (κ3) is 65.8. The molecule has 0 bridgehead atoms. The topological polar surface area (TPSA) is 237 Å².